The molecule has 0 aromatic heterocycles. The largest absolute Gasteiger partial charge is 0.326 e. The van der Waals surface area contributed by atoms with E-state index in [9.17, 15) is 0 Å². The van der Waals surface area contributed by atoms with E-state index < -0.39 is 0 Å². The van der Waals surface area contributed by atoms with Gasteiger partial charge in [0.25, 0.3) is 0 Å². The predicted molar refractivity (Wildman–Crippen MR) is 41.1 cm³/mol. The molecule has 0 radical (unpaired) electrons. The van der Waals surface area contributed by atoms with Crippen molar-refractivity contribution in [2.45, 2.75) is 36.1 Å². The summed E-state index contributed by atoms with van der Waals surface area (Å²) >= 11 is 11.7. The second-order valence-electron chi connectivity index (χ2n) is 2.59. The summed E-state index contributed by atoms with van der Waals surface area (Å²) < 4.78 is 0. The zero-order valence-corrected chi connectivity index (χ0v) is 6.70. The number of hydrogen-bond acceptors (Lipinski definition) is 1. The molecule has 0 saturated heterocycles. The van der Waals surface area contributed by atoms with Crippen molar-refractivity contribution in [1.29, 1.82) is 0 Å². The maximum atomic E-state index is 5.85. The second kappa shape index (κ2) is 3.09. The van der Waals surface area contributed by atoms with Crippen LogP contribution in [-0.4, -0.2) is 16.8 Å². The van der Waals surface area contributed by atoms with Crippen LogP contribution in [0.5, 0.6) is 0 Å². The van der Waals surface area contributed by atoms with Gasteiger partial charge in [0.05, 0.1) is 5.38 Å². The van der Waals surface area contributed by atoms with Crippen LogP contribution in [0.1, 0.15) is 19.3 Å². The number of halogens is 2. The normalized spacial score (nSPS) is 45.0. The van der Waals surface area contributed by atoms with E-state index in [4.69, 9.17) is 28.9 Å². The minimum absolute atomic E-state index is 0.0984. The molecule has 0 heterocycles. The predicted octanol–water partition coefficient (Wildman–Crippen LogP) is 1.71. The molecule has 2 N–H and O–H groups in total. The first-order valence-corrected chi connectivity index (χ1v) is 4.11. The van der Waals surface area contributed by atoms with E-state index in [0.717, 1.165) is 19.3 Å². The van der Waals surface area contributed by atoms with E-state index >= 15 is 0 Å². The Hall–Kier alpha value is 0.540. The van der Waals surface area contributed by atoms with Crippen LogP contribution in [0.2, 0.25) is 0 Å². The van der Waals surface area contributed by atoms with E-state index in [1.54, 1.807) is 0 Å². The maximum absolute atomic E-state index is 5.85. The van der Waals surface area contributed by atoms with Gasteiger partial charge in [0.2, 0.25) is 0 Å². The number of nitrogens with two attached hydrogens (primary N) is 1. The van der Waals surface area contributed by atoms with Crippen molar-refractivity contribution in [3.63, 3.8) is 0 Å². The average molecular weight is 168 g/mol. The molecule has 0 spiro atoms. The van der Waals surface area contributed by atoms with E-state index in [2.05, 4.69) is 0 Å². The summed E-state index contributed by atoms with van der Waals surface area (Å²) in [4.78, 5) is 0. The summed E-state index contributed by atoms with van der Waals surface area (Å²) in [6, 6.07) is 0.168. The summed E-state index contributed by atoms with van der Waals surface area (Å²) in [5.74, 6) is 0. The highest BCUT2D eigenvalue weighted by molar-refractivity contribution is 6.24. The highest BCUT2D eigenvalue weighted by atomic mass is 35.5. The second-order valence-corrected chi connectivity index (χ2v) is 3.77. The van der Waals surface area contributed by atoms with Gasteiger partial charge in [-0.3, -0.25) is 0 Å². The Labute approximate surface area is 65.5 Å². The fraction of sp³-hybridized carbons (Fsp3) is 1.00. The molecule has 0 amide bonds. The van der Waals surface area contributed by atoms with Crippen molar-refractivity contribution < 1.29 is 0 Å². The van der Waals surface area contributed by atoms with Gasteiger partial charge in [-0.1, -0.05) is 0 Å². The van der Waals surface area contributed by atoms with Gasteiger partial charge in [0.1, 0.15) is 0 Å². The molecule has 1 saturated carbocycles. The summed E-state index contributed by atoms with van der Waals surface area (Å²) in [7, 11) is 0. The van der Waals surface area contributed by atoms with Crippen LogP contribution in [0, 0.1) is 0 Å². The first kappa shape index (κ1) is 7.64. The molecule has 3 heteroatoms. The highest BCUT2D eigenvalue weighted by Crippen LogP contribution is 2.25. The van der Waals surface area contributed by atoms with Crippen molar-refractivity contribution in [2.24, 2.45) is 5.73 Å². The molecule has 3 unspecified atom stereocenters. The topological polar surface area (TPSA) is 26.0 Å². The first-order valence-electron chi connectivity index (χ1n) is 3.24. The fourth-order valence-corrected chi connectivity index (χ4v) is 1.84. The van der Waals surface area contributed by atoms with E-state index in [1.165, 1.54) is 0 Å². The van der Waals surface area contributed by atoms with Crippen molar-refractivity contribution in [2.75, 3.05) is 0 Å². The molecule has 3 atom stereocenters. The van der Waals surface area contributed by atoms with Crippen LogP contribution in [-0.2, 0) is 0 Å². The fourth-order valence-electron chi connectivity index (χ4n) is 1.09. The molecule has 0 aromatic carbocycles. The van der Waals surface area contributed by atoms with Gasteiger partial charge in [0.15, 0.2) is 0 Å². The summed E-state index contributed by atoms with van der Waals surface area (Å²) in [5.41, 5.74) is 5.65. The molecule has 54 valence electrons. The van der Waals surface area contributed by atoms with Crippen molar-refractivity contribution >= 4 is 23.2 Å². The Morgan fingerprint density at radius 1 is 1.22 bits per heavy atom. The van der Waals surface area contributed by atoms with Gasteiger partial charge in [-0.25, -0.2) is 0 Å². The standard InChI is InChI=1S/C6H11Cl2N/c7-4-1-2-6(9)5(8)3-4/h4-6H,1-3,9H2. The quantitative estimate of drug-likeness (QED) is 0.547. The minimum atomic E-state index is 0.0984. The molecule has 9 heavy (non-hydrogen) atoms. The van der Waals surface area contributed by atoms with E-state index in [0.29, 0.717) is 0 Å². The van der Waals surface area contributed by atoms with Crippen LogP contribution < -0.4 is 5.73 Å². The molecule has 1 rings (SSSR count). The molecule has 1 aliphatic rings. The van der Waals surface area contributed by atoms with Crippen LogP contribution in [0.15, 0.2) is 0 Å². The lowest BCUT2D eigenvalue weighted by molar-refractivity contribution is 0.454. The number of rotatable bonds is 0. The van der Waals surface area contributed by atoms with Gasteiger partial charge < -0.3 is 5.73 Å². The summed E-state index contributed by atoms with van der Waals surface area (Å²) in [6.07, 6.45) is 2.86. The number of hydrogen-bond donors (Lipinski definition) is 1. The Morgan fingerprint density at radius 2 is 1.89 bits per heavy atom. The smallest absolute Gasteiger partial charge is 0.0501 e. The zero-order chi connectivity index (χ0) is 6.85. The Bertz CT molecular complexity index is 97.1. The molecule has 0 bridgehead atoms. The third-order valence-corrected chi connectivity index (χ3v) is 2.66. The molecule has 1 aliphatic carbocycles. The Morgan fingerprint density at radius 3 is 2.33 bits per heavy atom. The van der Waals surface area contributed by atoms with Gasteiger partial charge >= 0.3 is 0 Å². The van der Waals surface area contributed by atoms with Gasteiger partial charge in [-0.05, 0) is 19.3 Å². The molecule has 1 nitrogen and oxygen atoms in total. The van der Waals surface area contributed by atoms with Crippen LogP contribution in [0.3, 0.4) is 0 Å². The van der Waals surface area contributed by atoms with Gasteiger partial charge in [-0.15, -0.1) is 23.2 Å². The first-order chi connectivity index (χ1) is 4.20. The lowest BCUT2D eigenvalue weighted by atomic mass is 9.95. The van der Waals surface area contributed by atoms with Crippen LogP contribution >= 0.6 is 23.2 Å². The third kappa shape index (κ3) is 1.99. The van der Waals surface area contributed by atoms with E-state index in [1.807, 2.05) is 0 Å². The minimum Gasteiger partial charge on any atom is -0.326 e. The third-order valence-electron chi connectivity index (χ3n) is 1.76. The lowest BCUT2D eigenvalue weighted by Gasteiger charge is -2.26. The van der Waals surface area contributed by atoms with Crippen molar-refractivity contribution in [1.82, 2.24) is 0 Å². The number of alkyl halides is 2. The monoisotopic (exact) mass is 167 g/mol. The average Bonchev–Trinajstić information content (AvgIpc) is 1.80. The Kier molecular flexibility index (Phi) is 2.62. The highest BCUT2D eigenvalue weighted by Gasteiger charge is 2.24. The lowest BCUT2D eigenvalue weighted by Crippen LogP contribution is -2.37. The molecule has 0 aromatic rings. The summed E-state index contributed by atoms with van der Waals surface area (Å²) in [6.45, 7) is 0. The van der Waals surface area contributed by atoms with E-state index in [-0.39, 0.29) is 16.8 Å². The van der Waals surface area contributed by atoms with Crippen LogP contribution in [0.4, 0.5) is 0 Å². The zero-order valence-electron chi connectivity index (χ0n) is 5.19. The molecular weight excluding hydrogens is 157 g/mol. The van der Waals surface area contributed by atoms with Crippen molar-refractivity contribution in [3.8, 4) is 0 Å². The molecular formula is C6H11Cl2N. The molecule has 0 aliphatic heterocycles. The Balaban J connectivity index is 2.35. The van der Waals surface area contributed by atoms with Crippen molar-refractivity contribution in [3.05, 3.63) is 0 Å². The van der Waals surface area contributed by atoms with Crippen LogP contribution in [0.25, 0.3) is 0 Å². The summed E-state index contributed by atoms with van der Waals surface area (Å²) in [5, 5.41) is 0.355. The molecule has 1 fully saturated rings. The maximum Gasteiger partial charge on any atom is 0.0501 e. The SMILES string of the molecule is NC1CCC(Cl)CC1Cl. The van der Waals surface area contributed by atoms with Gasteiger partial charge in [0, 0.05) is 11.4 Å². The van der Waals surface area contributed by atoms with Gasteiger partial charge in [-0.2, -0.15) is 0 Å².